The molecule has 0 aliphatic carbocycles. The van der Waals surface area contributed by atoms with Gasteiger partial charge in [-0.1, -0.05) is 6.07 Å². The van der Waals surface area contributed by atoms with Crippen molar-refractivity contribution >= 4 is 35.6 Å². The van der Waals surface area contributed by atoms with Gasteiger partial charge in [0.1, 0.15) is 11.5 Å². The Bertz CT molecular complexity index is 1240. The van der Waals surface area contributed by atoms with Crippen LogP contribution < -0.4 is 25.9 Å². The predicted molar refractivity (Wildman–Crippen MR) is 124 cm³/mol. The van der Waals surface area contributed by atoms with Crippen molar-refractivity contribution in [3.05, 3.63) is 89.5 Å². The third kappa shape index (κ3) is 6.50. The Balaban J connectivity index is 1.50. The molecular formula is C24H20N4O6. The highest BCUT2D eigenvalue weighted by Gasteiger charge is 2.13. The summed E-state index contributed by atoms with van der Waals surface area (Å²) >= 11 is 0. The van der Waals surface area contributed by atoms with Crippen LogP contribution in [0, 0.1) is 0 Å². The van der Waals surface area contributed by atoms with Gasteiger partial charge in [0.2, 0.25) is 5.91 Å². The average molecular weight is 460 g/mol. The Morgan fingerprint density at radius 3 is 2.21 bits per heavy atom. The van der Waals surface area contributed by atoms with Crippen molar-refractivity contribution in [2.75, 3.05) is 12.4 Å². The zero-order valence-electron chi connectivity index (χ0n) is 18.0. The minimum Gasteiger partial charge on any atom is -0.497 e. The van der Waals surface area contributed by atoms with Gasteiger partial charge in [0.05, 0.1) is 18.9 Å². The van der Waals surface area contributed by atoms with E-state index in [0.29, 0.717) is 28.3 Å². The summed E-state index contributed by atoms with van der Waals surface area (Å²) in [6.45, 7) is 0. The molecule has 0 saturated carbocycles. The van der Waals surface area contributed by atoms with Gasteiger partial charge in [0.15, 0.2) is 0 Å². The lowest BCUT2D eigenvalue weighted by Crippen LogP contribution is -2.32. The van der Waals surface area contributed by atoms with Gasteiger partial charge in [-0.15, -0.1) is 0 Å². The fourth-order valence-electron chi connectivity index (χ4n) is 2.66. The molecule has 3 amide bonds. The number of methoxy groups -OCH3 is 1. The molecule has 0 radical (unpaired) electrons. The number of nitrogens with one attached hydrogen (secondary N) is 2. The van der Waals surface area contributed by atoms with E-state index in [-0.39, 0.29) is 5.56 Å². The summed E-state index contributed by atoms with van der Waals surface area (Å²) in [4.78, 5) is 47.1. The van der Waals surface area contributed by atoms with Gasteiger partial charge in [-0.05, 0) is 72.3 Å². The second-order valence-electron chi connectivity index (χ2n) is 6.79. The second kappa shape index (κ2) is 11.0. The quantitative estimate of drug-likeness (QED) is 0.162. The summed E-state index contributed by atoms with van der Waals surface area (Å²) in [5, 5.41) is 6.10. The van der Waals surface area contributed by atoms with Crippen LogP contribution in [-0.4, -0.2) is 37.0 Å². The molecule has 10 heteroatoms. The Kier molecular flexibility index (Phi) is 7.69. The second-order valence-corrected chi connectivity index (χ2v) is 6.79. The largest absolute Gasteiger partial charge is 0.497 e. The molecule has 0 aromatic heterocycles. The lowest BCUT2D eigenvalue weighted by Gasteiger charge is -2.06. The Hall–Kier alpha value is -4.99. The van der Waals surface area contributed by atoms with Gasteiger partial charge >= 0.3 is 17.8 Å². The number of rotatable bonds is 7. The molecule has 0 aliphatic rings. The predicted octanol–water partition coefficient (Wildman–Crippen LogP) is 2.10. The van der Waals surface area contributed by atoms with Crippen molar-refractivity contribution < 1.29 is 28.7 Å². The number of amides is 3. The smallest absolute Gasteiger partial charge is 0.343 e. The molecule has 0 spiro atoms. The third-order valence-corrected chi connectivity index (χ3v) is 4.41. The first-order valence-electron chi connectivity index (χ1n) is 9.86. The molecular weight excluding hydrogens is 440 g/mol. The third-order valence-electron chi connectivity index (χ3n) is 4.41. The van der Waals surface area contributed by atoms with Gasteiger partial charge in [-0.3, -0.25) is 14.4 Å². The van der Waals surface area contributed by atoms with Crippen LogP contribution in [0.2, 0.25) is 0 Å². The Labute approximate surface area is 194 Å². The van der Waals surface area contributed by atoms with Gasteiger partial charge in [0, 0.05) is 11.3 Å². The number of hydrazone groups is 1. The number of ether oxygens (including phenoxy) is 2. The van der Waals surface area contributed by atoms with E-state index in [1.165, 1.54) is 37.6 Å². The van der Waals surface area contributed by atoms with Gasteiger partial charge in [-0.25, -0.2) is 10.2 Å². The van der Waals surface area contributed by atoms with Crippen LogP contribution in [0.3, 0.4) is 0 Å². The molecule has 0 fully saturated rings. The van der Waals surface area contributed by atoms with Crippen molar-refractivity contribution in [1.29, 1.82) is 0 Å². The lowest BCUT2D eigenvalue weighted by atomic mass is 10.2. The molecule has 0 atom stereocenters. The molecule has 172 valence electrons. The van der Waals surface area contributed by atoms with E-state index in [1.54, 1.807) is 48.5 Å². The lowest BCUT2D eigenvalue weighted by molar-refractivity contribution is -0.136. The Morgan fingerprint density at radius 1 is 0.853 bits per heavy atom. The molecule has 4 N–H and O–H groups in total. The van der Waals surface area contributed by atoms with Crippen LogP contribution in [0.5, 0.6) is 11.5 Å². The summed E-state index contributed by atoms with van der Waals surface area (Å²) < 4.78 is 10.4. The van der Waals surface area contributed by atoms with Crippen LogP contribution in [0.1, 0.15) is 26.3 Å². The molecule has 0 aliphatic heterocycles. The summed E-state index contributed by atoms with van der Waals surface area (Å²) in [6, 6.07) is 18.7. The van der Waals surface area contributed by atoms with Crippen molar-refractivity contribution in [3.63, 3.8) is 0 Å². The van der Waals surface area contributed by atoms with E-state index < -0.39 is 23.7 Å². The fraction of sp³-hybridized carbons (Fsp3) is 0.0417. The standard InChI is InChI=1S/C24H20N4O6/c1-33-20-4-2-3-17(13-20)24(32)34-19-11-5-15(6-12-19)14-26-28-23(31)22(30)27-18-9-7-16(8-10-18)21(25)29/h2-14H,1H3,(H2,25,29)(H,27,30)(H,28,31). The number of anilines is 1. The maximum absolute atomic E-state index is 12.2. The van der Waals surface area contributed by atoms with Crippen LogP contribution >= 0.6 is 0 Å². The maximum atomic E-state index is 12.2. The van der Waals surface area contributed by atoms with Gasteiger partial charge < -0.3 is 20.5 Å². The summed E-state index contributed by atoms with van der Waals surface area (Å²) in [5.41, 5.74) is 8.77. The minimum absolute atomic E-state index is 0.271. The van der Waals surface area contributed by atoms with Crippen LogP contribution in [0.25, 0.3) is 0 Å². The topological polar surface area (TPSA) is 149 Å². The van der Waals surface area contributed by atoms with Crippen LogP contribution in [0.4, 0.5) is 5.69 Å². The molecule has 0 bridgehead atoms. The number of hydrogen-bond acceptors (Lipinski definition) is 7. The van der Waals surface area contributed by atoms with E-state index in [4.69, 9.17) is 15.2 Å². The zero-order valence-corrected chi connectivity index (χ0v) is 18.0. The average Bonchev–Trinajstić information content (AvgIpc) is 2.85. The number of primary amides is 1. The van der Waals surface area contributed by atoms with E-state index in [9.17, 15) is 19.2 Å². The van der Waals surface area contributed by atoms with Crippen molar-refractivity contribution in [2.24, 2.45) is 10.8 Å². The molecule has 0 saturated heterocycles. The fourth-order valence-corrected chi connectivity index (χ4v) is 2.66. The first kappa shape index (κ1) is 23.7. The monoisotopic (exact) mass is 460 g/mol. The normalized spacial score (nSPS) is 10.4. The number of esters is 1. The number of benzene rings is 3. The molecule has 10 nitrogen and oxygen atoms in total. The van der Waals surface area contributed by atoms with Crippen molar-refractivity contribution in [1.82, 2.24) is 5.43 Å². The van der Waals surface area contributed by atoms with E-state index in [1.807, 2.05) is 0 Å². The molecule has 34 heavy (non-hydrogen) atoms. The molecule has 0 heterocycles. The number of carbonyl (C=O) groups excluding carboxylic acids is 4. The Morgan fingerprint density at radius 2 is 1.56 bits per heavy atom. The first-order chi connectivity index (χ1) is 16.4. The SMILES string of the molecule is COc1cccc(C(=O)Oc2ccc(C=NNC(=O)C(=O)Nc3ccc(C(N)=O)cc3)cc2)c1. The number of carbonyl (C=O) groups is 4. The maximum Gasteiger partial charge on any atom is 0.343 e. The minimum atomic E-state index is -0.987. The zero-order chi connectivity index (χ0) is 24.5. The number of hydrogen-bond donors (Lipinski definition) is 3. The van der Waals surface area contributed by atoms with Crippen molar-refractivity contribution in [2.45, 2.75) is 0 Å². The molecule has 3 rings (SSSR count). The number of nitrogens with zero attached hydrogens (tertiary/aromatic N) is 1. The van der Waals surface area contributed by atoms with Gasteiger partial charge in [0.25, 0.3) is 0 Å². The molecule has 3 aromatic carbocycles. The molecule has 3 aromatic rings. The summed E-state index contributed by atoms with van der Waals surface area (Å²) in [6.07, 6.45) is 1.32. The summed E-state index contributed by atoms with van der Waals surface area (Å²) in [5.74, 6) is -2.22. The highest BCUT2D eigenvalue weighted by Crippen LogP contribution is 2.17. The first-order valence-corrected chi connectivity index (χ1v) is 9.86. The summed E-state index contributed by atoms with van der Waals surface area (Å²) in [7, 11) is 1.50. The van der Waals surface area contributed by atoms with E-state index in [0.717, 1.165) is 0 Å². The highest BCUT2D eigenvalue weighted by molar-refractivity contribution is 6.39. The van der Waals surface area contributed by atoms with Gasteiger partial charge in [-0.2, -0.15) is 5.10 Å². The van der Waals surface area contributed by atoms with E-state index in [2.05, 4.69) is 15.8 Å². The van der Waals surface area contributed by atoms with Crippen LogP contribution in [0.15, 0.2) is 77.9 Å². The molecule has 0 unspecified atom stereocenters. The van der Waals surface area contributed by atoms with E-state index >= 15 is 0 Å². The number of nitrogens with two attached hydrogens (primary N) is 1. The van der Waals surface area contributed by atoms with Crippen molar-refractivity contribution in [3.8, 4) is 11.5 Å². The van der Waals surface area contributed by atoms with Crippen LogP contribution in [-0.2, 0) is 9.59 Å². The highest BCUT2D eigenvalue weighted by atomic mass is 16.5.